The minimum absolute atomic E-state index is 0.201. The van der Waals surface area contributed by atoms with Crippen molar-refractivity contribution in [2.75, 3.05) is 0 Å². The summed E-state index contributed by atoms with van der Waals surface area (Å²) in [5.41, 5.74) is 2.08. The summed E-state index contributed by atoms with van der Waals surface area (Å²) in [4.78, 5) is 2.30. The number of rotatable bonds is 1. The van der Waals surface area contributed by atoms with Gasteiger partial charge in [0, 0.05) is 17.3 Å². The first-order valence-electron chi connectivity index (χ1n) is 5.34. The summed E-state index contributed by atoms with van der Waals surface area (Å²) in [7, 11) is 1.94. The van der Waals surface area contributed by atoms with E-state index in [1.165, 1.54) is 17.5 Å². The molecule has 2 heterocycles. The molecule has 2 aromatic heterocycles. The Labute approximate surface area is 102 Å². The predicted molar refractivity (Wildman–Crippen MR) is 68.7 cm³/mol. The van der Waals surface area contributed by atoms with Crippen molar-refractivity contribution < 1.29 is 4.39 Å². The van der Waals surface area contributed by atoms with Gasteiger partial charge in [-0.1, -0.05) is 12.1 Å². The summed E-state index contributed by atoms with van der Waals surface area (Å²) >= 11 is 1.68. The summed E-state index contributed by atoms with van der Waals surface area (Å²) in [6.45, 7) is 2.00. The Balaban J connectivity index is 2.18. The predicted octanol–water partition coefficient (Wildman–Crippen LogP) is 3.75. The van der Waals surface area contributed by atoms with Gasteiger partial charge in [0.25, 0.3) is 0 Å². The van der Waals surface area contributed by atoms with Gasteiger partial charge in [-0.3, -0.25) is 4.68 Å². The molecule has 0 bridgehead atoms. The Kier molecular flexibility index (Phi) is 2.26. The first-order valence-corrected chi connectivity index (χ1v) is 6.16. The number of nitrogens with zero attached hydrogens (tertiary/aromatic N) is 2. The third-order valence-corrected chi connectivity index (χ3v) is 4.08. The van der Waals surface area contributed by atoms with Crippen LogP contribution in [0.25, 0.3) is 20.7 Å². The molecule has 4 heteroatoms. The third kappa shape index (κ3) is 1.65. The van der Waals surface area contributed by atoms with Crippen LogP contribution in [0.15, 0.2) is 30.3 Å². The van der Waals surface area contributed by atoms with Crippen molar-refractivity contribution in [2.24, 2.45) is 7.05 Å². The van der Waals surface area contributed by atoms with Crippen LogP contribution < -0.4 is 0 Å². The van der Waals surface area contributed by atoms with E-state index in [1.807, 2.05) is 30.8 Å². The van der Waals surface area contributed by atoms with Gasteiger partial charge in [0.1, 0.15) is 10.6 Å². The van der Waals surface area contributed by atoms with Gasteiger partial charge in [-0.15, -0.1) is 11.3 Å². The normalized spacial score (nSPS) is 11.2. The average molecular weight is 246 g/mol. The number of aromatic nitrogens is 2. The quantitative estimate of drug-likeness (QED) is 0.639. The number of fused-ring (bicyclic) bond motifs is 1. The molecule has 0 fully saturated rings. The lowest BCUT2D eigenvalue weighted by atomic mass is 10.2. The first-order chi connectivity index (χ1) is 8.15. The van der Waals surface area contributed by atoms with Crippen LogP contribution in [-0.4, -0.2) is 9.78 Å². The molecule has 3 rings (SSSR count). The highest BCUT2D eigenvalue weighted by atomic mass is 32.1. The number of halogens is 1. The Morgan fingerprint density at radius 3 is 2.59 bits per heavy atom. The maximum atomic E-state index is 12.9. The molecule has 0 aliphatic heterocycles. The standard InChI is InChI=1S/C13H11FN2S/c1-8-11-7-12(17-13(11)16(2)15-8)9-3-5-10(14)6-4-9/h3-7H,1-2H3. The minimum Gasteiger partial charge on any atom is -0.258 e. The van der Waals surface area contributed by atoms with E-state index < -0.39 is 0 Å². The molecule has 1 aromatic carbocycles. The van der Waals surface area contributed by atoms with Gasteiger partial charge >= 0.3 is 0 Å². The molecule has 0 radical (unpaired) electrons. The highest BCUT2D eigenvalue weighted by Crippen LogP contribution is 2.34. The van der Waals surface area contributed by atoms with Crippen LogP contribution in [0, 0.1) is 12.7 Å². The average Bonchev–Trinajstić information content (AvgIpc) is 2.83. The largest absolute Gasteiger partial charge is 0.258 e. The minimum atomic E-state index is -0.201. The zero-order chi connectivity index (χ0) is 12.0. The van der Waals surface area contributed by atoms with E-state index in [-0.39, 0.29) is 5.82 Å². The maximum absolute atomic E-state index is 12.9. The second kappa shape index (κ2) is 3.67. The van der Waals surface area contributed by atoms with Crippen molar-refractivity contribution in [3.8, 4) is 10.4 Å². The van der Waals surface area contributed by atoms with Gasteiger partial charge in [0.15, 0.2) is 0 Å². The number of hydrogen-bond donors (Lipinski definition) is 0. The van der Waals surface area contributed by atoms with Gasteiger partial charge in [0.2, 0.25) is 0 Å². The molecule has 0 atom stereocenters. The van der Waals surface area contributed by atoms with E-state index in [0.717, 1.165) is 21.0 Å². The lowest BCUT2D eigenvalue weighted by Crippen LogP contribution is -1.87. The van der Waals surface area contributed by atoms with Crippen molar-refractivity contribution in [2.45, 2.75) is 6.92 Å². The second-order valence-corrected chi connectivity index (χ2v) is 5.08. The fraction of sp³-hybridized carbons (Fsp3) is 0.154. The van der Waals surface area contributed by atoms with E-state index in [4.69, 9.17) is 0 Å². The zero-order valence-corrected chi connectivity index (χ0v) is 10.4. The summed E-state index contributed by atoms with van der Waals surface area (Å²) in [5, 5.41) is 5.54. The molecule has 0 unspecified atom stereocenters. The van der Waals surface area contributed by atoms with Gasteiger partial charge in [-0.2, -0.15) is 5.10 Å². The number of thiophene rings is 1. The van der Waals surface area contributed by atoms with Crippen molar-refractivity contribution in [1.29, 1.82) is 0 Å². The molecular weight excluding hydrogens is 235 g/mol. The van der Waals surface area contributed by atoms with Crippen LogP contribution in [0.2, 0.25) is 0 Å². The van der Waals surface area contributed by atoms with Crippen molar-refractivity contribution in [3.63, 3.8) is 0 Å². The molecule has 0 N–H and O–H groups in total. The van der Waals surface area contributed by atoms with Gasteiger partial charge in [0.05, 0.1) is 5.69 Å². The van der Waals surface area contributed by atoms with Gasteiger partial charge < -0.3 is 0 Å². The fourth-order valence-corrected chi connectivity index (χ4v) is 3.09. The molecule has 17 heavy (non-hydrogen) atoms. The highest BCUT2D eigenvalue weighted by Gasteiger charge is 2.10. The van der Waals surface area contributed by atoms with E-state index in [9.17, 15) is 4.39 Å². The molecule has 0 amide bonds. The van der Waals surface area contributed by atoms with Crippen LogP contribution in [0.3, 0.4) is 0 Å². The Morgan fingerprint density at radius 2 is 1.94 bits per heavy atom. The fourth-order valence-electron chi connectivity index (χ4n) is 1.96. The molecule has 86 valence electrons. The lowest BCUT2D eigenvalue weighted by Gasteiger charge is -1.96. The van der Waals surface area contributed by atoms with Crippen LogP contribution >= 0.6 is 11.3 Å². The molecule has 0 saturated heterocycles. The summed E-state index contributed by atoms with van der Waals surface area (Å²) in [6.07, 6.45) is 0. The van der Waals surface area contributed by atoms with Crippen molar-refractivity contribution >= 4 is 21.6 Å². The van der Waals surface area contributed by atoms with E-state index in [2.05, 4.69) is 11.2 Å². The smallest absolute Gasteiger partial charge is 0.123 e. The van der Waals surface area contributed by atoms with E-state index >= 15 is 0 Å². The molecule has 0 spiro atoms. The number of hydrogen-bond acceptors (Lipinski definition) is 2. The SMILES string of the molecule is Cc1nn(C)c2sc(-c3ccc(F)cc3)cc12. The topological polar surface area (TPSA) is 17.8 Å². The monoisotopic (exact) mass is 246 g/mol. The highest BCUT2D eigenvalue weighted by molar-refractivity contribution is 7.21. The maximum Gasteiger partial charge on any atom is 0.123 e. The van der Waals surface area contributed by atoms with Crippen molar-refractivity contribution in [1.82, 2.24) is 9.78 Å². The Morgan fingerprint density at radius 1 is 1.24 bits per heavy atom. The summed E-state index contributed by atoms with van der Waals surface area (Å²) < 4.78 is 14.8. The summed E-state index contributed by atoms with van der Waals surface area (Å²) in [5.74, 6) is -0.201. The van der Waals surface area contributed by atoms with Crippen LogP contribution in [0.1, 0.15) is 5.69 Å². The molecule has 0 aliphatic carbocycles. The first kappa shape index (κ1) is 10.5. The Bertz CT molecular complexity index is 645. The molecule has 2 nitrogen and oxygen atoms in total. The number of benzene rings is 1. The van der Waals surface area contributed by atoms with E-state index in [1.54, 1.807) is 11.3 Å². The molecule has 3 aromatic rings. The Hall–Kier alpha value is -1.68. The third-order valence-electron chi connectivity index (χ3n) is 2.82. The zero-order valence-electron chi connectivity index (χ0n) is 9.57. The van der Waals surface area contributed by atoms with Crippen LogP contribution in [0.4, 0.5) is 4.39 Å². The number of aryl methyl sites for hydroxylation is 2. The lowest BCUT2D eigenvalue weighted by molar-refractivity contribution is 0.628. The molecule has 0 saturated carbocycles. The summed E-state index contributed by atoms with van der Waals surface area (Å²) in [6, 6.07) is 8.72. The van der Waals surface area contributed by atoms with Crippen LogP contribution in [0.5, 0.6) is 0 Å². The van der Waals surface area contributed by atoms with Crippen molar-refractivity contribution in [3.05, 3.63) is 41.8 Å². The van der Waals surface area contributed by atoms with E-state index in [0.29, 0.717) is 0 Å². The van der Waals surface area contributed by atoms with Gasteiger partial charge in [-0.25, -0.2) is 4.39 Å². The van der Waals surface area contributed by atoms with Crippen LogP contribution in [-0.2, 0) is 7.05 Å². The second-order valence-electron chi connectivity index (χ2n) is 4.05. The van der Waals surface area contributed by atoms with Gasteiger partial charge in [-0.05, 0) is 30.7 Å². The molecule has 0 aliphatic rings. The molecular formula is C13H11FN2S.